The molecule has 1 unspecified atom stereocenters. The molecule has 1 atom stereocenters. The van der Waals surface area contributed by atoms with E-state index in [9.17, 15) is 4.39 Å². The third kappa shape index (κ3) is 3.30. The SMILES string of the molecule is CCOc1cncc(C(N)c2ccc(Br)cc2F)c1. The van der Waals surface area contributed by atoms with Crippen LogP contribution in [0.2, 0.25) is 0 Å². The minimum atomic E-state index is -0.569. The van der Waals surface area contributed by atoms with Crippen LogP contribution in [0.15, 0.2) is 41.1 Å². The molecule has 1 heterocycles. The molecule has 1 aromatic heterocycles. The lowest BCUT2D eigenvalue weighted by Gasteiger charge is -2.14. The fourth-order valence-corrected chi connectivity index (χ4v) is 2.12. The van der Waals surface area contributed by atoms with Crippen molar-refractivity contribution in [2.24, 2.45) is 5.73 Å². The molecule has 3 nitrogen and oxygen atoms in total. The highest BCUT2D eigenvalue weighted by Crippen LogP contribution is 2.26. The highest BCUT2D eigenvalue weighted by molar-refractivity contribution is 9.10. The molecule has 0 spiro atoms. The first kappa shape index (κ1) is 14.0. The maximum absolute atomic E-state index is 13.9. The first-order valence-corrected chi connectivity index (χ1v) is 6.69. The average molecular weight is 325 g/mol. The van der Waals surface area contributed by atoms with Crippen molar-refractivity contribution in [1.82, 2.24) is 4.98 Å². The van der Waals surface area contributed by atoms with Crippen molar-refractivity contribution >= 4 is 15.9 Å². The molecule has 1 aromatic carbocycles. The van der Waals surface area contributed by atoms with Gasteiger partial charge in [0.1, 0.15) is 11.6 Å². The zero-order chi connectivity index (χ0) is 13.8. The van der Waals surface area contributed by atoms with Crippen molar-refractivity contribution in [3.8, 4) is 5.75 Å². The highest BCUT2D eigenvalue weighted by atomic mass is 79.9. The van der Waals surface area contributed by atoms with Crippen LogP contribution in [0.3, 0.4) is 0 Å². The second-order valence-electron chi connectivity index (χ2n) is 4.03. The quantitative estimate of drug-likeness (QED) is 0.937. The molecule has 0 aliphatic heterocycles. The summed E-state index contributed by atoms with van der Waals surface area (Å²) in [6.45, 7) is 2.44. The van der Waals surface area contributed by atoms with Crippen LogP contribution in [-0.2, 0) is 0 Å². The van der Waals surface area contributed by atoms with Crippen molar-refractivity contribution in [2.75, 3.05) is 6.61 Å². The van der Waals surface area contributed by atoms with Crippen molar-refractivity contribution in [3.63, 3.8) is 0 Å². The van der Waals surface area contributed by atoms with E-state index in [1.165, 1.54) is 6.07 Å². The van der Waals surface area contributed by atoms with Crippen LogP contribution in [0, 0.1) is 5.82 Å². The van der Waals surface area contributed by atoms with Crippen LogP contribution in [0.4, 0.5) is 4.39 Å². The molecule has 5 heteroatoms. The summed E-state index contributed by atoms with van der Waals surface area (Å²) in [6.07, 6.45) is 3.23. The molecule has 0 saturated carbocycles. The van der Waals surface area contributed by atoms with Crippen molar-refractivity contribution in [2.45, 2.75) is 13.0 Å². The van der Waals surface area contributed by atoms with Gasteiger partial charge in [-0.15, -0.1) is 0 Å². The summed E-state index contributed by atoms with van der Waals surface area (Å²) >= 11 is 3.22. The van der Waals surface area contributed by atoms with E-state index in [0.717, 1.165) is 0 Å². The third-order valence-electron chi connectivity index (χ3n) is 2.70. The zero-order valence-corrected chi connectivity index (χ0v) is 12.0. The van der Waals surface area contributed by atoms with Crippen LogP contribution in [0.25, 0.3) is 0 Å². The number of hydrogen-bond donors (Lipinski definition) is 1. The largest absolute Gasteiger partial charge is 0.492 e. The predicted molar refractivity (Wildman–Crippen MR) is 75.5 cm³/mol. The van der Waals surface area contributed by atoms with Gasteiger partial charge >= 0.3 is 0 Å². The number of halogens is 2. The Kier molecular flexibility index (Phi) is 4.50. The van der Waals surface area contributed by atoms with Crippen LogP contribution in [-0.4, -0.2) is 11.6 Å². The van der Waals surface area contributed by atoms with Crippen LogP contribution in [0.5, 0.6) is 5.75 Å². The normalized spacial score (nSPS) is 12.2. The lowest BCUT2D eigenvalue weighted by molar-refractivity contribution is 0.338. The third-order valence-corrected chi connectivity index (χ3v) is 3.20. The molecule has 0 aliphatic rings. The number of benzene rings is 1. The van der Waals surface area contributed by atoms with E-state index in [2.05, 4.69) is 20.9 Å². The summed E-state index contributed by atoms with van der Waals surface area (Å²) in [5.41, 5.74) is 7.23. The second-order valence-corrected chi connectivity index (χ2v) is 4.95. The Bertz CT molecular complexity index is 577. The number of aromatic nitrogens is 1. The molecule has 0 aliphatic carbocycles. The van der Waals surface area contributed by atoms with Crippen molar-refractivity contribution in [3.05, 3.63) is 58.1 Å². The van der Waals surface area contributed by atoms with Gasteiger partial charge in [-0.3, -0.25) is 4.98 Å². The summed E-state index contributed by atoms with van der Waals surface area (Å²) in [5.74, 6) is 0.289. The predicted octanol–water partition coefficient (Wildman–Crippen LogP) is 3.43. The average Bonchev–Trinajstić information content (AvgIpc) is 2.39. The van der Waals surface area contributed by atoms with Gasteiger partial charge < -0.3 is 10.5 Å². The lowest BCUT2D eigenvalue weighted by Crippen LogP contribution is -2.14. The Morgan fingerprint density at radius 3 is 2.84 bits per heavy atom. The maximum Gasteiger partial charge on any atom is 0.137 e. The molecule has 0 bridgehead atoms. The number of nitrogens with two attached hydrogens (primary N) is 1. The summed E-state index contributed by atoms with van der Waals surface area (Å²) in [7, 11) is 0. The topological polar surface area (TPSA) is 48.1 Å². The van der Waals surface area contributed by atoms with Gasteiger partial charge in [-0.1, -0.05) is 22.0 Å². The minimum absolute atomic E-state index is 0.344. The van der Waals surface area contributed by atoms with Gasteiger partial charge in [-0.25, -0.2) is 4.39 Å². The minimum Gasteiger partial charge on any atom is -0.492 e. The van der Waals surface area contributed by atoms with E-state index < -0.39 is 6.04 Å². The van der Waals surface area contributed by atoms with Gasteiger partial charge in [0.2, 0.25) is 0 Å². The molecule has 0 radical (unpaired) electrons. The summed E-state index contributed by atoms with van der Waals surface area (Å²) in [4.78, 5) is 4.06. The molecule has 2 N–H and O–H groups in total. The van der Waals surface area contributed by atoms with Gasteiger partial charge in [0, 0.05) is 16.2 Å². The first-order chi connectivity index (χ1) is 9.11. The van der Waals surface area contributed by atoms with E-state index in [4.69, 9.17) is 10.5 Å². The highest BCUT2D eigenvalue weighted by Gasteiger charge is 2.14. The van der Waals surface area contributed by atoms with Gasteiger partial charge in [-0.05, 0) is 30.7 Å². The van der Waals surface area contributed by atoms with Gasteiger partial charge in [-0.2, -0.15) is 0 Å². The molecular formula is C14H14BrFN2O. The fourth-order valence-electron chi connectivity index (χ4n) is 1.78. The molecule has 2 rings (SSSR count). The lowest BCUT2D eigenvalue weighted by atomic mass is 10.0. The number of hydrogen-bond acceptors (Lipinski definition) is 3. The molecule has 0 amide bonds. The molecular weight excluding hydrogens is 311 g/mol. The summed E-state index contributed by atoms with van der Waals surface area (Å²) in [6, 6.07) is 6.04. The number of pyridine rings is 1. The monoisotopic (exact) mass is 324 g/mol. The smallest absolute Gasteiger partial charge is 0.137 e. The molecule has 19 heavy (non-hydrogen) atoms. The van der Waals surface area contributed by atoms with Crippen LogP contribution >= 0.6 is 15.9 Å². The maximum atomic E-state index is 13.9. The molecule has 0 saturated heterocycles. The van der Waals surface area contributed by atoms with E-state index in [0.29, 0.717) is 28.0 Å². The second kappa shape index (κ2) is 6.12. The fraction of sp³-hybridized carbons (Fsp3) is 0.214. The Labute approximate surface area is 119 Å². The Morgan fingerprint density at radius 2 is 2.16 bits per heavy atom. The van der Waals surface area contributed by atoms with Gasteiger partial charge in [0.25, 0.3) is 0 Å². The van der Waals surface area contributed by atoms with E-state index >= 15 is 0 Å². The molecule has 2 aromatic rings. The number of nitrogens with zero attached hydrogens (tertiary/aromatic N) is 1. The number of ether oxygens (including phenoxy) is 1. The summed E-state index contributed by atoms with van der Waals surface area (Å²) < 4.78 is 19.9. The Morgan fingerprint density at radius 1 is 1.37 bits per heavy atom. The van der Waals surface area contributed by atoms with E-state index in [-0.39, 0.29) is 5.82 Å². The van der Waals surface area contributed by atoms with Crippen molar-refractivity contribution < 1.29 is 9.13 Å². The van der Waals surface area contributed by atoms with E-state index in [1.54, 1.807) is 30.6 Å². The van der Waals surface area contributed by atoms with Crippen LogP contribution < -0.4 is 10.5 Å². The molecule has 0 fully saturated rings. The standard InChI is InChI=1S/C14H14BrFN2O/c1-2-19-11-5-9(7-18-8-11)14(17)12-4-3-10(15)6-13(12)16/h3-8,14H,2,17H2,1H3. The first-order valence-electron chi connectivity index (χ1n) is 5.90. The van der Waals surface area contributed by atoms with Crippen molar-refractivity contribution in [1.29, 1.82) is 0 Å². The number of rotatable bonds is 4. The molecule has 100 valence electrons. The van der Waals surface area contributed by atoms with E-state index in [1.807, 2.05) is 6.92 Å². The Hall–Kier alpha value is -1.46. The summed E-state index contributed by atoms with van der Waals surface area (Å²) in [5, 5.41) is 0. The zero-order valence-electron chi connectivity index (χ0n) is 10.4. The Balaban J connectivity index is 2.32. The van der Waals surface area contributed by atoms with Gasteiger partial charge in [0.15, 0.2) is 0 Å². The van der Waals surface area contributed by atoms with Crippen LogP contribution in [0.1, 0.15) is 24.1 Å². The van der Waals surface area contributed by atoms with Gasteiger partial charge in [0.05, 0.1) is 18.8 Å².